The van der Waals surface area contributed by atoms with Crippen LogP contribution in [0, 0.1) is 0 Å². The molecule has 0 aromatic heterocycles. The van der Waals surface area contributed by atoms with Gasteiger partial charge in [-0.3, -0.25) is 13.9 Å². The fourth-order valence-electron chi connectivity index (χ4n) is 4.09. The molecule has 0 aliphatic heterocycles. The maximum atomic E-state index is 13.9. The van der Waals surface area contributed by atoms with Gasteiger partial charge < -0.3 is 10.2 Å². The number of nitrogens with one attached hydrogen (secondary N) is 1. The molecule has 0 aliphatic carbocycles. The average molecular weight is 556 g/mol. The van der Waals surface area contributed by atoms with Crippen molar-refractivity contribution >= 4 is 39.1 Å². The van der Waals surface area contributed by atoms with Crippen LogP contribution in [0.15, 0.2) is 84.9 Å². The second-order valence-corrected chi connectivity index (χ2v) is 11.5. The van der Waals surface area contributed by atoms with Gasteiger partial charge in [0, 0.05) is 24.5 Å². The molecule has 38 heavy (non-hydrogen) atoms. The highest BCUT2D eigenvalue weighted by Crippen LogP contribution is 2.23. The number of hydrogen-bond acceptors (Lipinski definition) is 4. The summed E-state index contributed by atoms with van der Waals surface area (Å²) in [5, 5.41) is 3.31. The summed E-state index contributed by atoms with van der Waals surface area (Å²) in [5.41, 5.74) is 2.00. The van der Waals surface area contributed by atoms with Gasteiger partial charge in [0.05, 0.1) is 11.9 Å². The molecule has 3 rings (SSSR count). The molecule has 7 nitrogen and oxygen atoms in total. The molecule has 0 saturated heterocycles. The zero-order valence-corrected chi connectivity index (χ0v) is 23.3. The van der Waals surface area contributed by atoms with E-state index in [4.69, 9.17) is 11.6 Å². The van der Waals surface area contributed by atoms with Crippen molar-refractivity contribution in [2.24, 2.45) is 0 Å². The summed E-state index contributed by atoms with van der Waals surface area (Å²) in [5.74, 6) is -0.772. The Hall–Kier alpha value is -3.36. The van der Waals surface area contributed by atoms with E-state index in [-0.39, 0.29) is 24.6 Å². The summed E-state index contributed by atoms with van der Waals surface area (Å²) in [6.07, 6.45) is 3.06. The van der Waals surface area contributed by atoms with Gasteiger partial charge in [-0.2, -0.15) is 0 Å². The van der Waals surface area contributed by atoms with E-state index in [2.05, 4.69) is 5.32 Å². The molecular formula is C29H34ClN3O4S. The summed E-state index contributed by atoms with van der Waals surface area (Å²) < 4.78 is 26.5. The van der Waals surface area contributed by atoms with Crippen LogP contribution < -0.4 is 9.62 Å². The largest absolute Gasteiger partial charge is 0.354 e. The standard InChI is InChI=1S/C29H34ClN3O4S/c1-3-4-18-31-29(35)27(19-23-12-7-5-8-13-23)32(21-24-14-9-6-10-15-24)28(34)22-33(38(2,36)37)26-17-11-16-25(30)20-26/h5-17,20,27H,3-4,18-19,21-22H2,1-2H3,(H,31,35). The van der Waals surface area contributed by atoms with Crippen molar-refractivity contribution in [1.82, 2.24) is 10.2 Å². The minimum Gasteiger partial charge on any atom is -0.354 e. The molecule has 9 heteroatoms. The number of carbonyl (C=O) groups excluding carboxylic acids is 2. The SMILES string of the molecule is CCCCNC(=O)C(Cc1ccccc1)N(Cc1ccccc1)C(=O)CN(c1cccc(Cl)c1)S(C)(=O)=O. The Kier molecular flexibility index (Phi) is 10.7. The van der Waals surface area contributed by atoms with E-state index in [0.29, 0.717) is 11.6 Å². The normalized spacial score (nSPS) is 12.0. The van der Waals surface area contributed by atoms with Gasteiger partial charge in [0.15, 0.2) is 0 Å². The lowest BCUT2D eigenvalue weighted by Gasteiger charge is -2.33. The molecule has 0 aliphatic rings. The molecular weight excluding hydrogens is 522 g/mol. The van der Waals surface area contributed by atoms with Crippen LogP contribution >= 0.6 is 11.6 Å². The number of benzene rings is 3. The van der Waals surface area contributed by atoms with Crippen LogP contribution in [0.5, 0.6) is 0 Å². The third kappa shape index (κ3) is 8.60. The van der Waals surface area contributed by atoms with Gasteiger partial charge in [0.25, 0.3) is 0 Å². The first-order chi connectivity index (χ1) is 18.2. The number of hydrogen-bond donors (Lipinski definition) is 1. The smallest absolute Gasteiger partial charge is 0.244 e. The molecule has 202 valence electrons. The van der Waals surface area contributed by atoms with Crippen molar-refractivity contribution in [3.8, 4) is 0 Å². The molecule has 3 aromatic carbocycles. The van der Waals surface area contributed by atoms with E-state index < -0.39 is 28.5 Å². The Balaban J connectivity index is 2.01. The molecule has 3 aromatic rings. The summed E-state index contributed by atoms with van der Waals surface area (Å²) in [6, 6.07) is 24.3. The molecule has 0 radical (unpaired) electrons. The van der Waals surface area contributed by atoms with E-state index in [0.717, 1.165) is 34.5 Å². The Morgan fingerprint density at radius 3 is 2.13 bits per heavy atom. The predicted molar refractivity (Wildman–Crippen MR) is 152 cm³/mol. The van der Waals surface area contributed by atoms with Crippen molar-refractivity contribution in [1.29, 1.82) is 0 Å². The van der Waals surface area contributed by atoms with E-state index in [1.165, 1.54) is 11.0 Å². The first-order valence-corrected chi connectivity index (χ1v) is 14.8. The van der Waals surface area contributed by atoms with E-state index in [1.54, 1.807) is 18.2 Å². The maximum absolute atomic E-state index is 13.9. The molecule has 2 amide bonds. The number of amides is 2. The number of rotatable bonds is 13. The van der Waals surface area contributed by atoms with Gasteiger partial charge in [0.1, 0.15) is 12.6 Å². The highest BCUT2D eigenvalue weighted by atomic mass is 35.5. The zero-order valence-electron chi connectivity index (χ0n) is 21.7. The Bertz CT molecular complexity index is 1300. The van der Waals surface area contributed by atoms with Gasteiger partial charge in [-0.15, -0.1) is 0 Å². The van der Waals surface area contributed by atoms with Gasteiger partial charge >= 0.3 is 0 Å². The maximum Gasteiger partial charge on any atom is 0.244 e. The molecule has 0 saturated carbocycles. The molecule has 1 N–H and O–H groups in total. The highest BCUT2D eigenvalue weighted by molar-refractivity contribution is 7.92. The van der Waals surface area contributed by atoms with Crippen molar-refractivity contribution in [2.45, 2.75) is 38.8 Å². The summed E-state index contributed by atoms with van der Waals surface area (Å²) >= 11 is 6.12. The van der Waals surface area contributed by atoms with Crippen LogP contribution in [0.3, 0.4) is 0 Å². The summed E-state index contributed by atoms with van der Waals surface area (Å²) in [4.78, 5) is 28.9. The zero-order chi connectivity index (χ0) is 27.5. The third-order valence-corrected chi connectivity index (χ3v) is 7.45. The van der Waals surface area contributed by atoms with Gasteiger partial charge in [-0.05, 0) is 35.7 Å². The van der Waals surface area contributed by atoms with Crippen LogP contribution in [-0.2, 0) is 32.6 Å². The van der Waals surface area contributed by atoms with E-state index in [1.807, 2.05) is 67.6 Å². The Labute approximate surface area is 230 Å². The first-order valence-electron chi connectivity index (χ1n) is 12.6. The molecule has 1 unspecified atom stereocenters. The summed E-state index contributed by atoms with van der Waals surface area (Å²) in [7, 11) is -3.83. The molecule has 0 heterocycles. The number of anilines is 1. The second kappa shape index (κ2) is 14.0. The molecule has 0 fully saturated rings. The minimum atomic E-state index is -3.83. The lowest BCUT2D eigenvalue weighted by Crippen LogP contribution is -2.53. The number of nitrogens with zero attached hydrogens (tertiary/aromatic N) is 2. The quantitative estimate of drug-likeness (QED) is 0.311. The lowest BCUT2D eigenvalue weighted by molar-refractivity contribution is -0.140. The van der Waals surface area contributed by atoms with Crippen LogP contribution in [0.2, 0.25) is 5.02 Å². The Morgan fingerprint density at radius 1 is 0.921 bits per heavy atom. The molecule has 0 bridgehead atoms. The number of unbranched alkanes of at least 4 members (excludes halogenated alkanes) is 1. The highest BCUT2D eigenvalue weighted by Gasteiger charge is 2.32. The van der Waals surface area contributed by atoms with Gasteiger partial charge in [-0.25, -0.2) is 8.42 Å². The van der Waals surface area contributed by atoms with Crippen molar-refractivity contribution in [2.75, 3.05) is 23.7 Å². The predicted octanol–water partition coefficient (Wildman–Crippen LogP) is 4.66. The number of sulfonamides is 1. The van der Waals surface area contributed by atoms with Crippen LogP contribution in [0.4, 0.5) is 5.69 Å². The fourth-order valence-corrected chi connectivity index (χ4v) is 5.11. The second-order valence-electron chi connectivity index (χ2n) is 9.11. The van der Waals surface area contributed by atoms with Crippen molar-refractivity contribution in [3.05, 3.63) is 101 Å². The minimum absolute atomic E-state index is 0.144. The van der Waals surface area contributed by atoms with Crippen molar-refractivity contribution in [3.63, 3.8) is 0 Å². The Morgan fingerprint density at radius 2 is 1.55 bits per heavy atom. The monoisotopic (exact) mass is 555 g/mol. The van der Waals surface area contributed by atoms with Gasteiger partial charge in [0.2, 0.25) is 21.8 Å². The van der Waals surface area contributed by atoms with E-state index >= 15 is 0 Å². The first kappa shape index (κ1) is 29.2. The van der Waals surface area contributed by atoms with Crippen LogP contribution in [0.25, 0.3) is 0 Å². The van der Waals surface area contributed by atoms with Crippen LogP contribution in [-0.4, -0.2) is 50.5 Å². The topological polar surface area (TPSA) is 86.8 Å². The fraction of sp³-hybridized carbons (Fsp3) is 0.310. The third-order valence-electron chi connectivity index (χ3n) is 6.07. The number of halogens is 1. The van der Waals surface area contributed by atoms with Crippen molar-refractivity contribution < 1.29 is 18.0 Å². The molecule has 1 atom stereocenters. The summed E-state index contributed by atoms with van der Waals surface area (Å²) in [6.45, 7) is 2.20. The van der Waals surface area contributed by atoms with E-state index in [9.17, 15) is 18.0 Å². The molecule has 0 spiro atoms. The lowest BCUT2D eigenvalue weighted by atomic mass is 10.0. The number of carbonyl (C=O) groups is 2. The van der Waals surface area contributed by atoms with Gasteiger partial charge in [-0.1, -0.05) is 91.7 Å². The average Bonchev–Trinajstić information content (AvgIpc) is 2.89. The van der Waals surface area contributed by atoms with Crippen LogP contribution in [0.1, 0.15) is 30.9 Å².